The summed E-state index contributed by atoms with van der Waals surface area (Å²) in [6.07, 6.45) is 4.88. The van der Waals surface area contributed by atoms with Gasteiger partial charge >= 0.3 is 0 Å². The standard InChI is InChI=1S/C24H25ClN2O3/c1-28-22-7-3-2-6-21(22)27-24(16-9-11-17(25)12-10-16)19-14-18(15-20(19)26-27)30-23-8-4-5-13-29-23/h2-3,6-7,9-12,18,23H,4-5,8,13-15H2,1H3/t18-,23?/m0/s1. The SMILES string of the molecule is COc1ccccc1-n1nc2c(c1-c1ccc(Cl)cc1)C[C@H](OC1CCCCO1)C2. The van der Waals surface area contributed by atoms with Gasteiger partial charge in [0.15, 0.2) is 6.29 Å². The summed E-state index contributed by atoms with van der Waals surface area (Å²) >= 11 is 6.15. The van der Waals surface area contributed by atoms with E-state index in [1.54, 1.807) is 7.11 Å². The predicted molar refractivity (Wildman–Crippen MR) is 116 cm³/mol. The number of hydrogen-bond acceptors (Lipinski definition) is 4. The minimum absolute atomic E-state index is 0.0897. The quantitative estimate of drug-likeness (QED) is 0.563. The van der Waals surface area contributed by atoms with Crippen LogP contribution < -0.4 is 4.74 Å². The lowest BCUT2D eigenvalue weighted by atomic mass is 10.1. The van der Waals surface area contributed by atoms with Gasteiger partial charge in [0.05, 0.1) is 24.6 Å². The molecule has 3 aromatic rings. The zero-order valence-corrected chi connectivity index (χ0v) is 17.8. The van der Waals surface area contributed by atoms with Gasteiger partial charge in [-0.25, -0.2) is 4.68 Å². The summed E-state index contributed by atoms with van der Waals surface area (Å²) in [6, 6.07) is 15.9. The van der Waals surface area contributed by atoms with Crippen LogP contribution in [0.4, 0.5) is 0 Å². The number of halogens is 1. The number of methoxy groups -OCH3 is 1. The van der Waals surface area contributed by atoms with Crippen molar-refractivity contribution in [1.82, 2.24) is 9.78 Å². The molecule has 6 heteroatoms. The number of fused-ring (bicyclic) bond motifs is 1. The molecule has 2 aromatic carbocycles. The Morgan fingerprint density at radius 3 is 2.67 bits per heavy atom. The summed E-state index contributed by atoms with van der Waals surface area (Å²) in [6.45, 7) is 0.790. The first-order valence-electron chi connectivity index (χ1n) is 10.5. The predicted octanol–water partition coefficient (Wildman–Crippen LogP) is 5.21. The van der Waals surface area contributed by atoms with Crippen LogP contribution in [-0.4, -0.2) is 35.9 Å². The Bertz CT molecular complexity index is 1030. The molecule has 0 saturated carbocycles. The average molecular weight is 425 g/mol. The van der Waals surface area contributed by atoms with Gasteiger partial charge in [0.25, 0.3) is 0 Å². The van der Waals surface area contributed by atoms with Crippen molar-refractivity contribution in [1.29, 1.82) is 0 Å². The van der Waals surface area contributed by atoms with E-state index in [-0.39, 0.29) is 12.4 Å². The van der Waals surface area contributed by atoms with Crippen molar-refractivity contribution in [2.75, 3.05) is 13.7 Å². The number of rotatable bonds is 5. The lowest BCUT2D eigenvalue weighted by Gasteiger charge is -2.26. The smallest absolute Gasteiger partial charge is 0.157 e. The minimum Gasteiger partial charge on any atom is -0.494 e. The molecule has 1 unspecified atom stereocenters. The van der Waals surface area contributed by atoms with Crippen LogP contribution in [0.1, 0.15) is 30.5 Å². The highest BCUT2D eigenvalue weighted by Gasteiger charge is 2.33. The maximum atomic E-state index is 6.28. The molecule has 2 aliphatic rings. The van der Waals surface area contributed by atoms with Crippen LogP contribution in [0, 0.1) is 0 Å². The van der Waals surface area contributed by atoms with E-state index in [2.05, 4.69) is 0 Å². The normalized spacial score (nSPS) is 20.9. The molecule has 156 valence electrons. The molecule has 0 amide bonds. The first-order chi connectivity index (χ1) is 14.7. The summed E-state index contributed by atoms with van der Waals surface area (Å²) < 4.78 is 19.7. The van der Waals surface area contributed by atoms with Crippen molar-refractivity contribution < 1.29 is 14.2 Å². The third-order valence-corrected chi connectivity index (χ3v) is 6.08. The van der Waals surface area contributed by atoms with Gasteiger partial charge in [0, 0.05) is 35.6 Å². The zero-order chi connectivity index (χ0) is 20.5. The van der Waals surface area contributed by atoms with Crippen LogP contribution in [-0.2, 0) is 22.3 Å². The molecular weight excluding hydrogens is 400 g/mol. The van der Waals surface area contributed by atoms with E-state index in [4.69, 9.17) is 30.9 Å². The monoisotopic (exact) mass is 424 g/mol. The highest BCUT2D eigenvalue weighted by molar-refractivity contribution is 6.30. The molecule has 0 N–H and O–H groups in total. The second-order valence-electron chi connectivity index (χ2n) is 7.83. The van der Waals surface area contributed by atoms with E-state index in [1.807, 2.05) is 53.2 Å². The van der Waals surface area contributed by atoms with Gasteiger partial charge < -0.3 is 14.2 Å². The van der Waals surface area contributed by atoms with Gasteiger partial charge in [-0.15, -0.1) is 0 Å². The van der Waals surface area contributed by atoms with Crippen LogP contribution in [0.25, 0.3) is 16.9 Å². The van der Waals surface area contributed by atoms with Crippen LogP contribution in [0.3, 0.4) is 0 Å². The number of nitrogens with zero attached hydrogens (tertiary/aromatic N) is 2. The summed E-state index contributed by atoms with van der Waals surface area (Å²) in [4.78, 5) is 0. The van der Waals surface area contributed by atoms with E-state index in [1.165, 1.54) is 12.0 Å². The lowest BCUT2D eigenvalue weighted by molar-refractivity contribution is -0.185. The molecule has 1 saturated heterocycles. The highest BCUT2D eigenvalue weighted by atomic mass is 35.5. The van der Waals surface area contributed by atoms with Gasteiger partial charge in [-0.1, -0.05) is 35.9 Å². The van der Waals surface area contributed by atoms with E-state index in [0.29, 0.717) is 0 Å². The minimum atomic E-state index is -0.0897. The topological polar surface area (TPSA) is 45.5 Å². The molecule has 0 radical (unpaired) electrons. The Balaban J connectivity index is 1.53. The number of benzene rings is 2. The molecule has 30 heavy (non-hydrogen) atoms. The van der Waals surface area contributed by atoms with E-state index in [9.17, 15) is 0 Å². The Morgan fingerprint density at radius 1 is 1.07 bits per heavy atom. The Labute approximate surface area is 181 Å². The van der Waals surface area contributed by atoms with Gasteiger partial charge in [0.1, 0.15) is 11.4 Å². The molecule has 1 fully saturated rings. The summed E-state index contributed by atoms with van der Waals surface area (Å²) in [7, 11) is 1.69. The zero-order valence-electron chi connectivity index (χ0n) is 17.0. The molecule has 0 bridgehead atoms. The highest BCUT2D eigenvalue weighted by Crippen LogP contribution is 2.38. The second kappa shape index (κ2) is 8.42. The first kappa shape index (κ1) is 19.6. The van der Waals surface area contributed by atoms with Crippen molar-refractivity contribution in [3.8, 4) is 22.7 Å². The van der Waals surface area contributed by atoms with Gasteiger partial charge in [0.2, 0.25) is 0 Å². The van der Waals surface area contributed by atoms with E-state index < -0.39 is 0 Å². The first-order valence-corrected chi connectivity index (χ1v) is 10.9. The Kier molecular flexibility index (Phi) is 5.50. The lowest BCUT2D eigenvalue weighted by Crippen LogP contribution is -2.28. The molecule has 5 nitrogen and oxygen atoms in total. The number of aromatic nitrogens is 2. The van der Waals surface area contributed by atoms with Gasteiger partial charge in [-0.05, 0) is 43.5 Å². The summed E-state index contributed by atoms with van der Waals surface area (Å²) in [5, 5.41) is 5.71. The third kappa shape index (κ3) is 3.73. The molecule has 1 aliphatic heterocycles. The van der Waals surface area contributed by atoms with E-state index >= 15 is 0 Å². The summed E-state index contributed by atoms with van der Waals surface area (Å²) in [5.74, 6) is 0.789. The fraction of sp³-hybridized carbons (Fsp3) is 0.375. The van der Waals surface area contributed by atoms with Crippen LogP contribution in [0.2, 0.25) is 5.02 Å². The second-order valence-corrected chi connectivity index (χ2v) is 8.26. The van der Waals surface area contributed by atoms with Crippen molar-refractivity contribution in [2.45, 2.75) is 44.5 Å². The fourth-order valence-electron chi connectivity index (χ4n) is 4.40. The van der Waals surface area contributed by atoms with Crippen molar-refractivity contribution in [3.63, 3.8) is 0 Å². The third-order valence-electron chi connectivity index (χ3n) is 5.83. The van der Waals surface area contributed by atoms with Crippen LogP contribution in [0.15, 0.2) is 48.5 Å². The Hall–Kier alpha value is -2.34. The number of para-hydroxylation sites is 2. The molecule has 0 spiro atoms. The van der Waals surface area contributed by atoms with Crippen molar-refractivity contribution >= 4 is 11.6 Å². The van der Waals surface area contributed by atoms with Crippen LogP contribution in [0.5, 0.6) is 5.75 Å². The fourth-order valence-corrected chi connectivity index (χ4v) is 4.53. The van der Waals surface area contributed by atoms with Crippen molar-refractivity contribution in [3.05, 3.63) is 64.8 Å². The molecule has 1 aromatic heterocycles. The van der Waals surface area contributed by atoms with E-state index in [0.717, 1.165) is 65.7 Å². The number of ether oxygens (including phenoxy) is 3. The van der Waals surface area contributed by atoms with Gasteiger partial charge in [-0.2, -0.15) is 5.10 Å². The summed E-state index contributed by atoms with van der Waals surface area (Å²) in [5.41, 5.74) is 5.37. The maximum Gasteiger partial charge on any atom is 0.157 e. The van der Waals surface area contributed by atoms with Crippen molar-refractivity contribution in [2.24, 2.45) is 0 Å². The molecule has 2 heterocycles. The maximum absolute atomic E-state index is 6.28. The molecular formula is C24H25ClN2O3. The molecule has 1 aliphatic carbocycles. The Morgan fingerprint density at radius 2 is 1.90 bits per heavy atom. The van der Waals surface area contributed by atoms with Gasteiger partial charge in [-0.3, -0.25) is 0 Å². The molecule has 5 rings (SSSR count). The average Bonchev–Trinajstić information content (AvgIpc) is 3.32. The number of hydrogen-bond donors (Lipinski definition) is 0. The largest absolute Gasteiger partial charge is 0.494 e. The molecule has 2 atom stereocenters. The van der Waals surface area contributed by atoms with Crippen LogP contribution >= 0.6 is 11.6 Å².